The molecule has 0 aliphatic heterocycles. The maximum atomic E-state index is 7.04. The Hall–Kier alpha value is -6.22. The second kappa shape index (κ2) is 9.69. The largest absolute Gasteiger partial charge is 0.455 e. The Kier molecular flexibility index (Phi) is 5.18. The summed E-state index contributed by atoms with van der Waals surface area (Å²) in [6.07, 6.45) is 0. The van der Waals surface area contributed by atoms with Crippen molar-refractivity contribution >= 4 is 107 Å². The van der Waals surface area contributed by atoms with Crippen molar-refractivity contribution in [2.75, 3.05) is 0 Å². The van der Waals surface area contributed by atoms with Gasteiger partial charge >= 0.3 is 0 Å². The van der Waals surface area contributed by atoms with E-state index in [1.165, 1.54) is 96.1 Å². The zero-order chi connectivity index (χ0) is 32.5. The molecule has 0 atom stereocenters. The van der Waals surface area contributed by atoms with Gasteiger partial charge in [0, 0.05) is 36.5 Å². The first-order chi connectivity index (χ1) is 24.8. The molecule has 0 amide bonds. The first-order valence-electron chi connectivity index (χ1n) is 17.2. The van der Waals surface area contributed by atoms with E-state index in [0.717, 1.165) is 22.1 Å². The van der Waals surface area contributed by atoms with Gasteiger partial charge in [-0.25, -0.2) is 0 Å². The highest BCUT2D eigenvalue weighted by atomic mass is 32.1. The zero-order valence-corrected chi connectivity index (χ0v) is 27.6. The maximum Gasteiger partial charge on any atom is 0.143 e. The number of furan rings is 1. The molecule has 0 aliphatic carbocycles. The van der Waals surface area contributed by atoms with Crippen molar-refractivity contribution in [2.24, 2.45) is 0 Å². The number of hydrogen-bond donors (Lipinski definition) is 0. The monoisotopic (exact) mass is 650 g/mol. The highest BCUT2D eigenvalue weighted by molar-refractivity contribution is 7.26. The lowest BCUT2D eigenvalue weighted by molar-refractivity contribution is 0.670. The highest BCUT2D eigenvalue weighted by Crippen LogP contribution is 2.49. The summed E-state index contributed by atoms with van der Waals surface area (Å²) in [5.74, 6) is 0. The number of thiophene rings is 1. The number of fused-ring (bicyclic) bond motifs is 9. The zero-order valence-electron chi connectivity index (χ0n) is 26.8. The molecule has 2 heteroatoms. The van der Waals surface area contributed by atoms with E-state index in [1.54, 1.807) is 0 Å². The maximum absolute atomic E-state index is 7.04. The quantitative estimate of drug-likeness (QED) is 0.170. The van der Waals surface area contributed by atoms with Gasteiger partial charge in [-0.1, -0.05) is 133 Å². The molecule has 12 aromatic rings. The van der Waals surface area contributed by atoms with Gasteiger partial charge in [0.2, 0.25) is 0 Å². The van der Waals surface area contributed by atoms with Crippen LogP contribution < -0.4 is 0 Å². The van der Waals surface area contributed by atoms with Crippen molar-refractivity contribution in [1.29, 1.82) is 0 Å². The molecule has 0 unspecified atom stereocenters. The summed E-state index contributed by atoms with van der Waals surface area (Å²) in [7, 11) is 0. The lowest BCUT2D eigenvalue weighted by Crippen LogP contribution is -1.89. The first kappa shape index (κ1) is 26.7. The minimum Gasteiger partial charge on any atom is -0.455 e. The topological polar surface area (TPSA) is 13.1 Å². The molecule has 12 rings (SSSR count). The van der Waals surface area contributed by atoms with E-state index in [0.29, 0.717) is 0 Å². The average molecular weight is 651 g/mol. The van der Waals surface area contributed by atoms with Gasteiger partial charge in [0.15, 0.2) is 0 Å². The lowest BCUT2D eigenvalue weighted by Gasteiger charge is -2.15. The van der Waals surface area contributed by atoms with Crippen LogP contribution in [0.25, 0.3) is 118 Å². The van der Waals surface area contributed by atoms with Gasteiger partial charge in [0.05, 0.1) is 0 Å². The molecule has 2 heterocycles. The highest BCUT2D eigenvalue weighted by Gasteiger charge is 2.22. The summed E-state index contributed by atoms with van der Waals surface area (Å²) >= 11 is 1.89. The van der Waals surface area contributed by atoms with Crippen molar-refractivity contribution in [3.63, 3.8) is 0 Å². The molecule has 0 radical (unpaired) electrons. The summed E-state index contributed by atoms with van der Waals surface area (Å²) in [4.78, 5) is 0. The van der Waals surface area contributed by atoms with Crippen molar-refractivity contribution in [2.45, 2.75) is 0 Å². The van der Waals surface area contributed by atoms with Crippen LogP contribution in [0.3, 0.4) is 0 Å². The van der Waals surface area contributed by atoms with Crippen molar-refractivity contribution < 1.29 is 4.42 Å². The van der Waals surface area contributed by atoms with Crippen molar-refractivity contribution in [3.05, 3.63) is 158 Å². The fourth-order valence-corrected chi connectivity index (χ4v) is 10.0. The van der Waals surface area contributed by atoms with Crippen LogP contribution in [0.1, 0.15) is 0 Å². The van der Waals surface area contributed by atoms with Gasteiger partial charge in [-0.05, 0) is 94.8 Å². The molecule has 0 saturated carbocycles. The van der Waals surface area contributed by atoms with Crippen LogP contribution in [0.2, 0.25) is 0 Å². The standard InChI is InChI=1S/C48H26OS/c1-2-9-32-26-41-40(25-31(32)8-1)46-37(34-20-18-30-16-15-28-10-5-11-29-19-21-36(34)44(30)43(28)29)23-24-38(47(46)49-41)35-13-6-14-42-45(35)39-22-17-27-7-3-4-12-33(27)48(39)50-42/h1-26H. The van der Waals surface area contributed by atoms with E-state index in [1.807, 2.05) is 11.3 Å². The molecular weight excluding hydrogens is 625 g/mol. The summed E-state index contributed by atoms with van der Waals surface area (Å²) in [5, 5.41) is 17.7. The van der Waals surface area contributed by atoms with E-state index in [9.17, 15) is 0 Å². The Morgan fingerprint density at radius 3 is 1.84 bits per heavy atom. The first-order valence-corrected chi connectivity index (χ1v) is 18.0. The smallest absolute Gasteiger partial charge is 0.143 e. The molecule has 0 spiro atoms. The molecule has 230 valence electrons. The number of benzene rings is 10. The van der Waals surface area contributed by atoms with E-state index >= 15 is 0 Å². The van der Waals surface area contributed by atoms with E-state index in [2.05, 4.69) is 158 Å². The van der Waals surface area contributed by atoms with Gasteiger partial charge in [-0.15, -0.1) is 11.3 Å². The molecule has 10 aromatic carbocycles. The predicted molar refractivity (Wildman–Crippen MR) is 216 cm³/mol. The molecule has 50 heavy (non-hydrogen) atoms. The number of rotatable bonds is 2. The third-order valence-corrected chi connectivity index (χ3v) is 12.2. The van der Waals surface area contributed by atoms with E-state index < -0.39 is 0 Å². The van der Waals surface area contributed by atoms with Crippen LogP contribution in [-0.4, -0.2) is 0 Å². The molecular formula is C48H26OS. The second-order valence-electron chi connectivity index (χ2n) is 13.6. The van der Waals surface area contributed by atoms with Gasteiger partial charge in [0.25, 0.3) is 0 Å². The third-order valence-electron chi connectivity index (χ3n) is 11.0. The third kappa shape index (κ3) is 3.51. The van der Waals surface area contributed by atoms with Crippen LogP contribution in [0, 0.1) is 0 Å². The van der Waals surface area contributed by atoms with Crippen LogP contribution in [0.4, 0.5) is 0 Å². The fourth-order valence-electron chi connectivity index (χ4n) is 8.75. The minimum atomic E-state index is 0.915. The van der Waals surface area contributed by atoms with Crippen molar-refractivity contribution in [3.8, 4) is 22.3 Å². The average Bonchev–Trinajstić information content (AvgIpc) is 3.75. The predicted octanol–water partition coefficient (Wildman–Crippen LogP) is 14.5. The lowest BCUT2D eigenvalue weighted by atomic mass is 9.87. The van der Waals surface area contributed by atoms with Gasteiger partial charge in [-0.3, -0.25) is 0 Å². The summed E-state index contributed by atoms with van der Waals surface area (Å²) in [5.41, 5.74) is 6.61. The number of hydrogen-bond acceptors (Lipinski definition) is 2. The van der Waals surface area contributed by atoms with Crippen LogP contribution in [0.15, 0.2) is 162 Å². The second-order valence-corrected chi connectivity index (χ2v) is 14.6. The van der Waals surface area contributed by atoms with Crippen molar-refractivity contribution in [1.82, 2.24) is 0 Å². The van der Waals surface area contributed by atoms with Gasteiger partial charge in [0.1, 0.15) is 11.2 Å². The molecule has 0 N–H and O–H groups in total. The Morgan fingerprint density at radius 2 is 0.960 bits per heavy atom. The van der Waals surface area contributed by atoms with Crippen LogP contribution in [-0.2, 0) is 0 Å². The minimum absolute atomic E-state index is 0.915. The normalized spacial score (nSPS) is 12.4. The van der Waals surface area contributed by atoms with Crippen LogP contribution >= 0.6 is 11.3 Å². The summed E-state index contributed by atoms with van der Waals surface area (Å²) in [6.45, 7) is 0. The molecule has 1 nitrogen and oxygen atoms in total. The Bertz CT molecular complexity index is 3360. The Labute approximate surface area is 290 Å². The molecule has 0 aliphatic rings. The van der Waals surface area contributed by atoms with Crippen LogP contribution in [0.5, 0.6) is 0 Å². The Morgan fingerprint density at radius 1 is 0.340 bits per heavy atom. The SMILES string of the molecule is c1ccc2cc3c(cc2c1)oc1c(-c2cccc4sc5c6ccccc6ccc5c24)ccc(-c2ccc4ccc5cccc6ccc2c4c56)c13. The van der Waals surface area contributed by atoms with Gasteiger partial charge < -0.3 is 4.42 Å². The molecule has 0 fully saturated rings. The van der Waals surface area contributed by atoms with Gasteiger partial charge in [-0.2, -0.15) is 0 Å². The van der Waals surface area contributed by atoms with E-state index in [4.69, 9.17) is 4.42 Å². The van der Waals surface area contributed by atoms with E-state index in [-0.39, 0.29) is 0 Å². The summed E-state index contributed by atoms with van der Waals surface area (Å²) in [6, 6.07) is 58.2. The summed E-state index contributed by atoms with van der Waals surface area (Å²) < 4.78 is 9.67. The molecule has 0 saturated heterocycles. The Balaban J connectivity index is 1.22. The molecule has 0 bridgehead atoms. The fraction of sp³-hybridized carbons (Fsp3) is 0. The molecule has 2 aromatic heterocycles.